The summed E-state index contributed by atoms with van der Waals surface area (Å²) in [6.45, 7) is 6.26. The number of likely N-dealkylation sites (N-methyl/N-ethyl adjacent to an activating group) is 2. The number of rotatable bonds is 7. The first-order valence-electron chi connectivity index (χ1n) is 8.92. The lowest BCUT2D eigenvalue weighted by atomic mass is 10.1. The molecule has 2 rings (SSSR count). The van der Waals surface area contributed by atoms with Crippen LogP contribution in [0.5, 0.6) is 0 Å². The van der Waals surface area contributed by atoms with Gasteiger partial charge in [0, 0.05) is 31.2 Å². The molecular weight excluding hydrogens is 346 g/mol. The van der Waals surface area contributed by atoms with Crippen LogP contribution in [0.15, 0.2) is 30.3 Å². The number of pyridine rings is 1. The van der Waals surface area contributed by atoms with Crippen molar-refractivity contribution in [2.24, 2.45) is 0 Å². The minimum atomic E-state index is -0.589. The Morgan fingerprint density at radius 2 is 1.74 bits per heavy atom. The average molecular weight is 371 g/mol. The summed E-state index contributed by atoms with van der Waals surface area (Å²) in [5, 5.41) is 0.672. The Morgan fingerprint density at radius 1 is 1.07 bits per heavy atom. The molecule has 7 nitrogen and oxygen atoms in total. The number of nitrogens with zero attached hydrogens (tertiary/aromatic N) is 3. The van der Waals surface area contributed by atoms with Gasteiger partial charge in [-0.25, -0.2) is 4.79 Å². The fourth-order valence-corrected chi connectivity index (χ4v) is 2.76. The fraction of sp³-hybridized carbons (Fsp3) is 0.400. The molecule has 1 aromatic carbocycles. The Balaban J connectivity index is 2.01. The van der Waals surface area contributed by atoms with E-state index in [1.807, 2.05) is 32.0 Å². The number of esters is 1. The third-order valence-corrected chi connectivity index (χ3v) is 4.31. The first-order valence-corrected chi connectivity index (χ1v) is 8.92. The van der Waals surface area contributed by atoms with E-state index in [1.54, 1.807) is 24.0 Å². The maximum atomic E-state index is 12.5. The van der Waals surface area contributed by atoms with Gasteiger partial charge in [0.05, 0.1) is 17.6 Å². The average Bonchev–Trinajstić information content (AvgIpc) is 2.65. The molecule has 0 radical (unpaired) electrons. The number of para-hydroxylation sites is 1. The normalized spacial score (nSPS) is 10.5. The summed E-state index contributed by atoms with van der Waals surface area (Å²) < 4.78 is 5.19. The molecule has 7 heteroatoms. The lowest BCUT2D eigenvalue weighted by Crippen LogP contribution is -2.42. The molecule has 0 atom stereocenters. The van der Waals surface area contributed by atoms with E-state index < -0.39 is 18.5 Å². The molecular formula is C20H25N3O4. The number of ether oxygens (including phenoxy) is 1. The highest BCUT2D eigenvalue weighted by Gasteiger charge is 2.19. The van der Waals surface area contributed by atoms with Crippen molar-refractivity contribution in [2.75, 3.05) is 33.3 Å². The Kier molecular flexibility index (Phi) is 6.87. The van der Waals surface area contributed by atoms with E-state index in [2.05, 4.69) is 4.98 Å². The third kappa shape index (κ3) is 5.03. The smallest absolute Gasteiger partial charge is 0.339 e. The largest absolute Gasteiger partial charge is 0.452 e. The molecule has 0 spiro atoms. The molecule has 0 bridgehead atoms. The number of aryl methyl sites for hydroxylation is 1. The van der Waals surface area contributed by atoms with Gasteiger partial charge < -0.3 is 14.5 Å². The first-order chi connectivity index (χ1) is 12.9. The number of aromatic nitrogens is 1. The van der Waals surface area contributed by atoms with Crippen LogP contribution >= 0.6 is 0 Å². The quantitative estimate of drug-likeness (QED) is 0.696. The minimum absolute atomic E-state index is 0.0463. The van der Waals surface area contributed by atoms with Crippen LogP contribution in [-0.4, -0.2) is 65.9 Å². The maximum Gasteiger partial charge on any atom is 0.339 e. The summed E-state index contributed by atoms with van der Waals surface area (Å²) in [4.78, 5) is 44.0. The molecule has 2 amide bonds. The molecule has 1 heterocycles. The van der Waals surface area contributed by atoms with Crippen LogP contribution in [0.4, 0.5) is 0 Å². The van der Waals surface area contributed by atoms with Crippen LogP contribution in [-0.2, 0) is 14.3 Å². The van der Waals surface area contributed by atoms with E-state index >= 15 is 0 Å². The number of amides is 2. The second-order valence-corrected chi connectivity index (χ2v) is 6.22. The number of hydrogen-bond donors (Lipinski definition) is 0. The zero-order valence-electron chi connectivity index (χ0n) is 16.2. The monoisotopic (exact) mass is 371 g/mol. The summed E-state index contributed by atoms with van der Waals surface area (Å²) >= 11 is 0. The summed E-state index contributed by atoms with van der Waals surface area (Å²) in [5.41, 5.74) is 1.75. The topological polar surface area (TPSA) is 79.8 Å². The highest BCUT2D eigenvalue weighted by atomic mass is 16.5. The number of fused-ring (bicyclic) bond motifs is 1. The molecule has 0 saturated heterocycles. The number of benzene rings is 1. The van der Waals surface area contributed by atoms with Gasteiger partial charge in [-0.2, -0.15) is 0 Å². The van der Waals surface area contributed by atoms with Gasteiger partial charge in [0.1, 0.15) is 0 Å². The predicted octanol–water partition coefficient (Wildman–Crippen LogP) is 2.03. The second kappa shape index (κ2) is 9.12. The van der Waals surface area contributed by atoms with E-state index in [0.29, 0.717) is 35.2 Å². The SMILES string of the molecule is CCN(CC)C(=O)CN(C)C(=O)COC(=O)c1cc(C)nc2ccccc12. The van der Waals surface area contributed by atoms with Crippen molar-refractivity contribution in [3.05, 3.63) is 41.6 Å². The van der Waals surface area contributed by atoms with Crippen molar-refractivity contribution in [1.29, 1.82) is 0 Å². The molecule has 27 heavy (non-hydrogen) atoms. The molecule has 0 unspecified atom stereocenters. The minimum Gasteiger partial charge on any atom is -0.452 e. The van der Waals surface area contributed by atoms with E-state index in [9.17, 15) is 14.4 Å². The van der Waals surface area contributed by atoms with Crippen molar-refractivity contribution >= 4 is 28.7 Å². The van der Waals surface area contributed by atoms with Crippen LogP contribution in [0, 0.1) is 6.92 Å². The second-order valence-electron chi connectivity index (χ2n) is 6.22. The predicted molar refractivity (Wildman–Crippen MR) is 102 cm³/mol. The van der Waals surface area contributed by atoms with Gasteiger partial charge in [-0.05, 0) is 32.9 Å². The van der Waals surface area contributed by atoms with Gasteiger partial charge in [-0.1, -0.05) is 18.2 Å². The van der Waals surface area contributed by atoms with Crippen molar-refractivity contribution in [1.82, 2.24) is 14.8 Å². The molecule has 2 aromatic rings. The Hall–Kier alpha value is -2.96. The van der Waals surface area contributed by atoms with E-state index in [1.165, 1.54) is 11.9 Å². The zero-order chi connectivity index (χ0) is 20.0. The fourth-order valence-electron chi connectivity index (χ4n) is 2.76. The summed E-state index contributed by atoms with van der Waals surface area (Å²) in [6.07, 6.45) is 0. The van der Waals surface area contributed by atoms with Crippen LogP contribution in [0.3, 0.4) is 0 Å². The summed E-state index contributed by atoms with van der Waals surface area (Å²) in [6, 6.07) is 8.90. The van der Waals surface area contributed by atoms with E-state index in [4.69, 9.17) is 4.74 Å². The molecule has 0 aliphatic heterocycles. The van der Waals surface area contributed by atoms with E-state index in [0.717, 1.165) is 0 Å². The van der Waals surface area contributed by atoms with E-state index in [-0.39, 0.29) is 12.5 Å². The van der Waals surface area contributed by atoms with Crippen molar-refractivity contribution in [3.8, 4) is 0 Å². The highest BCUT2D eigenvalue weighted by Crippen LogP contribution is 2.19. The molecule has 0 N–H and O–H groups in total. The molecule has 0 fully saturated rings. The van der Waals surface area contributed by atoms with Gasteiger partial charge in [-0.3, -0.25) is 14.6 Å². The summed E-state index contributed by atoms with van der Waals surface area (Å²) in [5.74, 6) is -1.16. The standard InChI is InChI=1S/C20H25N3O4/c1-5-23(6-2)18(24)12-22(4)19(25)13-27-20(26)16-11-14(3)21-17-10-8-7-9-15(16)17/h7-11H,5-6,12-13H2,1-4H3. The zero-order valence-corrected chi connectivity index (χ0v) is 16.2. The van der Waals surface area contributed by atoms with Crippen LogP contribution in [0.2, 0.25) is 0 Å². The van der Waals surface area contributed by atoms with Gasteiger partial charge in [0.25, 0.3) is 5.91 Å². The lowest BCUT2D eigenvalue weighted by Gasteiger charge is -2.23. The van der Waals surface area contributed by atoms with Crippen LogP contribution in [0.25, 0.3) is 10.9 Å². The Bertz CT molecular complexity index is 846. The summed E-state index contributed by atoms with van der Waals surface area (Å²) in [7, 11) is 1.52. The van der Waals surface area contributed by atoms with Gasteiger partial charge in [0.15, 0.2) is 6.61 Å². The van der Waals surface area contributed by atoms with Gasteiger partial charge in [-0.15, -0.1) is 0 Å². The maximum absolute atomic E-state index is 12.5. The van der Waals surface area contributed by atoms with Gasteiger partial charge >= 0.3 is 5.97 Å². The van der Waals surface area contributed by atoms with Crippen LogP contribution in [0.1, 0.15) is 29.9 Å². The van der Waals surface area contributed by atoms with Crippen molar-refractivity contribution in [3.63, 3.8) is 0 Å². The third-order valence-electron chi connectivity index (χ3n) is 4.31. The molecule has 1 aromatic heterocycles. The lowest BCUT2D eigenvalue weighted by molar-refractivity contribution is -0.140. The molecule has 0 aliphatic carbocycles. The number of carbonyl (C=O) groups excluding carboxylic acids is 3. The van der Waals surface area contributed by atoms with Gasteiger partial charge in [0.2, 0.25) is 5.91 Å². The first kappa shape index (κ1) is 20.4. The van der Waals surface area contributed by atoms with Crippen molar-refractivity contribution < 1.29 is 19.1 Å². The number of hydrogen-bond acceptors (Lipinski definition) is 5. The highest BCUT2D eigenvalue weighted by molar-refractivity contribution is 6.04. The molecule has 0 saturated carbocycles. The Labute approximate surface area is 158 Å². The molecule has 144 valence electrons. The number of carbonyl (C=O) groups is 3. The van der Waals surface area contributed by atoms with Crippen LogP contribution < -0.4 is 0 Å². The van der Waals surface area contributed by atoms with Crippen molar-refractivity contribution in [2.45, 2.75) is 20.8 Å². The Morgan fingerprint density at radius 3 is 2.41 bits per heavy atom. The molecule has 0 aliphatic rings.